The number of carbonyl (C=O) groups is 6. The van der Waals surface area contributed by atoms with E-state index in [-0.39, 0.29) is 30.2 Å². The van der Waals surface area contributed by atoms with Crippen molar-refractivity contribution in [3.63, 3.8) is 0 Å². The van der Waals surface area contributed by atoms with Crippen molar-refractivity contribution in [1.29, 1.82) is 0 Å². The lowest BCUT2D eigenvalue weighted by atomic mass is 9.98. The molecule has 1 unspecified atom stereocenters. The number of hydrogen-bond acceptors (Lipinski definition) is 9. The van der Waals surface area contributed by atoms with Crippen LogP contribution in [0.5, 0.6) is 0 Å². The minimum absolute atomic E-state index is 0.0165. The van der Waals surface area contributed by atoms with Crippen molar-refractivity contribution in [2.24, 2.45) is 11.8 Å². The zero-order chi connectivity index (χ0) is 33.1. The molecule has 1 aromatic heterocycles. The number of hydrogen-bond donors (Lipinski definition) is 5. The molecule has 1 saturated heterocycles. The Morgan fingerprint density at radius 1 is 0.933 bits per heavy atom. The van der Waals surface area contributed by atoms with Crippen LogP contribution >= 0.6 is 0 Å². The second-order valence-electron chi connectivity index (χ2n) is 12.7. The highest BCUT2D eigenvalue weighted by molar-refractivity contribution is 6.38. The van der Waals surface area contributed by atoms with Gasteiger partial charge in [0.15, 0.2) is 5.82 Å². The minimum Gasteiger partial charge on any atom is -0.347 e. The van der Waals surface area contributed by atoms with Gasteiger partial charge in [-0.05, 0) is 56.8 Å². The van der Waals surface area contributed by atoms with Gasteiger partial charge < -0.3 is 26.2 Å². The van der Waals surface area contributed by atoms with Crippen LogP contribution in [0.3, 0.4) is 0 Å². The van der Waals surface area contributed by atoms with E-state index in [1.54, 1.807) is 13.8 Å². The zero-order valence-electron chi connectivity index (χ0n) is 27.1. The molecule has 250 valence electrons. The first kappa shape index (κ1) is 35.6. The standard InChI is InChI=1S/C30H49N9O6/c1-6-10-20(26(41)29(44)31-19-14-15-19)32-27(42)21-11-9-16-39(21)30(45)25(18(4)5)34-28(43)24(17(2)3)33-23(40)13-8-7-12-22-35-37-38-36-22/h17-21,24-25H,6-16H2,1-5H3,(H,31,44)(H,32,42)(H,33,40)(H,34,43)(H,35,36,37,38)/t20?,21-,24+,25-/m0/s1. The van der Waals surface area contributed by atoms with Crippen LogP contribution in [-0.2, 0) is 35.2 Å². The van der Waals surface area contributed by atoms with Crippen molar-refractivity contribution in [1.82, 2.24) is 46.8 Å². The summed E-state index contributed by atoms with van der Waals surface area (Å²) < 4.78 is 0. The number of nitrogens with zero attached hydrogens (tertiary/aromatic N) is 4. The third-order valence-corrected chi connectivity index (χ3v) is 8.12. The number of aromatic amines is 1. The maximum absolute atomic E-state index is 13.8. The van der Waals surface area contributed by atoms with Gasteiger partial charge in [0, 0.05) is 25.4 Å². The van der Waals surface area contributed by atoms with Crippen LogP contribution in [0.15, 0.2) is 0 Å². The van der Waals surface area contributed by atoms with Crippen LogP contribution in [0, 0.1) is 11.8 Å². The Morgan fingerprint density at radius 2 is 1.64 bits per heavy atom. The van der Waals surface area contributed by atoms with Gasteiger partial charge in [-0.25, -0.2) is 0 Å². The Bertz CT molecular complexity index is 1180. The maximum atomic E-state index is 13.8. The number of tetrazole rings is 1. The monoisotopic (exact) mass is 631 g/mol. The molecule has 1 saturated carbocycles. The zero-order valence-corrected chi connectivity index (χ0v) is 27.1. The smallest absolute Gasteiger partial charge is 0.289 e. The lowest BCUT2D eigenvalue weighted by Crippen LogP contribution is -2.59. The molecule has 5 N–H and O–H groups in total. The number of unbranched alkanes of at least 4 members (excludes halogenated alkanes) is 1. The number of Topliss-reactive ketones (excluding diaryl/α,β-unsaturated/α-hetero) is 1. The number of aryl methyl sites for hydroxylation is 1. The number of H-pyrrole nitrogens is 1. The van der Waals surface area contributed by atoms with Crippen molar-refractivity contribution >= 4 is 35.3 Å². The summed E-state index contributed by atoms with van der Waals surface area (Å²) in [5.41, 5.74) is 0. The fraction of sp³-hybridized carbons (Fsp3) is 0.767. The van der Waals surface area contributed by atoms with E-state index in [9.17, 15) is 28.8 Å². The Balaban J connectivity index is 1.59. The molecule has 2 fully saturated rings. The van der Waals surface area contributed by atoms with Crippen molar-refractivity contribution in [2.75, 3.05) is 6.54 Å². The molecule has 0 radical (unpaired) electrons. The number of nitrogens with one attached hydrogen (secondary N) is 5. The van der Waals surface area contributed by atoms with Gasteiger partial charge in [0.2, 0.25) is 29.4 Å². The number of carbonyl (C=O) groups excluding carboxylic acids is 6. The van der Waals surface area contributed by atoms with Crippen molar-refractivity contribution < 1.29 is 28.8 Å². The molecule has 1 aliphatic heterocycles. The molecular weight excluding hydrogens is 582 g/mol. The summed E-state index contributed by atoms with van der Waals surface area (Å²) in [7, 11) is 0. The number of rotatable bonds is 18. The first-order valence-electron chi connectivity index (χ1n) is 16.2. The average molecular weight is 632 g/mol. The highest BCUT2D eigenvalue weighted by Crippen LogP contribution is 2.22. The molecule has 2 aliphatic rings. The van der Waals surface area contributed by atoms with Crippen LogP contribution in [-0.4, -0.2) is 97.6 Å². The Morgan fingerprint density at radius 3 is 2.24 bits per heavy atom. The Hall–Kier alpha value is -3.91. The number of likely N-dealkylation sites (tertiary alicyclic amines) is 1. The fourth-order valence-corrected chi connectivity index (χ4v) is 5.34. The molecule has 1 aromatic rings. The topological polar surface area (TPSA) is 208 Å². The Kier molecular flexibility index (Phi) is 13.4. The SMILES string of the molecule is CCCC(NC(=O)[C@@H]1CCCN1C(=O)[C@@H](NC(=O)[C@H](NC(=O)CCCCc1nn[nH]n1)C(C)C)C(C)C)C(=O)C(=O)NC1CC1. The number of ketones is 1. The summed E-state index contributed by atoms with van der Waals surface area (Å²) in [5, 5.41) is 24.7. The first-order valence-corrected chi connectivity index (χ1v) is 16.2. The van der Waals surface area contributed by atoms with E-state index < -0.39 is 53.6 Å². The van der Waals surface area contributed by atoms with Crippen LogP contribution in [0.4, 0.5) is 0 Å². The van der Waals surface area contributed by atoms with Crippen molar-refractivity contribution in [3.8, 4) is 0 Å². The maximum Gasteiger partial charge on any atom is 0.289 e. The summed E-state index contributed by atoms with van der Waals surface area (Å²) in [5.74, 6) is -3.02. The average Bonchev–Trinajstić information content (AvgIpc) is 3.42. The number of amides is 5. The number of aromatic nitrogens is 4. The van der Waals surface area contributed by atoms with Gasteiger partial charge in [-0.3, -0.25) is 28.8 Å². The minimum atomic E-state index is -0.978. The lowest BCUT2D eigenvalue weighted by Gasteiger charge is -2.32. The normalized spacial score (nSPS) is 18.3. The quantitative estimate of drug-likeness (QED) is 0.111. The van der Waals surface area contributed by atoms with Crippen molar-refractivity contribution in [2.45, 2.75) is 129 Å². The molecule has 1 aliphatic carbocycles. The van der Waals surface area contributed by atoms with E-state index in [0.29, 0.717) is 57.3 Å². The van der Waals surface area contributed by atoms with E-state index in [1.165, 1.54) is 4.90 Å². The lowest BCUT2D eigenvalue weighted by molar-refractivity contribution is -0.144. The van der Waals surface area contributed by atoms with E-state index in [4.69, 9.17) is 0 Å². The van der Waals surface area contributed by atoms with Gasteiger partial charge in [0.25, 0.3) is 5.91 Å². The van der Waals surface area contributed by atoms with Crippen LogP contribution < -0.4 is 21.3 Å². The molecule has 5 amide bonds. The molecule has 3 rings (SSSR count). The molecule has 15 nitrogen and oxygen atoms in total. The summed E-state index contributed by atoms with van der Waals surface area (Å²) in [6.07, 6.45) is 5.59. The van der Waals surface area contributed by atoms with E-state index in [1.807, 2.05) is 20.8 Å². The van der Waals surface area contributed by atoms with Crippen LogP contribution in [0.25, 0.3) is 0 Å². The van der Waals surface area contributed by atoms with Crippen LogP contribution in [0.2, 0.25) is 0 Å². The molecule has 0 spiro atoms. The molecule has 2 heterocycles. The first-order chi connectivity index (χ1) is 21.4. The third-order valence-electron chi connectivity index (χ3n) is 8.12. The van der Waals surface area contributed by atoms with Gasteiger partial charge in [-0.1, -0.05) is 46.3 Å². The summed E-state index contributed by atoms with van der Waals surface area (Å²) >= 11 is 0. The molecular formula is C30H49N9O6. The third kappa shape index (κ3) is 10.6. The van der Waals surface area contributed by atoms with E-state index in [0.717, 1.165) is 12.8 Å². The fourth-order valence-electron chi connectivity index (χ4n) is 5.34. The second-order valence-corrected chi connectivity index (χ2v) is 12.7. The second kappa shape index (κ2) is 17.0. The van der Waals surface area contributed by atoms with Crippen molar-refractivity contribution in [3.05, 3.63) is 5.82 Å². The molecule has 4 atom stereocenters. The summed E-state index contributed by atoms with van der Waals surface area (Å²) in [4.78, 5) is 79.9. The molecule has 45 heavy (non-hydrogen) atoms. The summed E-state index contributed by atoms with van der Waals surface area (Å²) in [6.45, 7) is 9.40. The predicted molar refractivity (Wildman–Crippen MR) is 163 cm³/mol. The van der Waals surface area contributed by atoms with Gasteiger partial charge >= 0.3 is 0 Å². The van der Waals surface area contributed by atoms with Crippen LogP contribution in [0.1, 0.15) is 98.2 Å². The molecule has 0 bridgehead atoms. The summed E-state index contributed by atoms with van der Waals surface area (Å²) in [6, 6.07) is -3.58. The van der Waals surface area contributed by atoms with Gasteiger partial charge in [-0.15, -0.1) is 10.2 Å². The highest BCUT2D eigenvalue weighted by atomic mass is 16.2. The van der Waals surface area contributed by atoms with E-state index >= 15 is 0 Å². The van der Waals surface area contributed by atoms with Gasteiger partial charge in [0.1, 0.15) is 18.1 Å². The van der Waals surface area contributed by atoms with Gasteiger partial charge in [0.05, 0.1) is 6.04 Å². The predicted octanol–water partition coefficient (Wildman–Crippen LogP) is 0.318. The molecule has 15 heteroatoms. The molecule has 0 aromatic carbocycles. The Labute approximate surface area is 264 Å². The largest absolute Gasteiger partial charge is 0.347 e. The highest BCUT2D eigenvalue weighted by Gasteiger charge is 2.41. The van der Waals surface area contributed by atoms with E-state index in [2.05, 4.69) is 41.9 Å². The van der Waals surface area contributed by atoms with Gasteiger partial charge in [-0.2, -0.15) is 5.21 Å².